The van der Waals surface area contributed by atoms with Crippen molar-refractivity contribution < 1.29 is 0 Å². The van der Waals surface area contributed by atoms with Crippen molar-refractivity contribution in [2.75, 3.05) is 0 Å². The van der Waals surface area contributed by atoms with E-state index in [1.807, 2.05) is 0 Å². The standard InChI is InChI=1S/C9H13ClN2/c1-2-3-4-5-8-6-11-9(10)12-7-8/h6-7H,2-5H2,1H3. The van der Waals surface area contributed by atoms with Crippen LogP contribution in [0.2, 0.25) is 5.28 Å². The number of hydrogen-bond donors (Lipinski definition) is 0. The number of aryl methyl sites for hydroxylation is 1. The first-order chi connectivity index (χ1) is 5.83. The summed E-state index contributed by atoms with van der Waals surface area (Å²) in [4.78, 5) is 7.82. The molecular weight excluding hydrogens is 172 g/mol. The summed E-state index contributed by atoms with van der Waals surface area (Å²) in [6, 6.07) is 0. The van der Waals surface area contributed by atoms with Crippen LogP contribution in [0.1, 0.15) is 31.7 Å². The van der Waals surface area contributed by atoms with E-state index in [4.69, 9.17) is 11.6 Å². The third kappa shape index (κ3) is 3.18. The second kappa shape index (κ2) is 5.09. The topological polar surface area (TPSA) is 25.8 Å². The zero-order valence-corrected chi connectivity index (χ0v) is 8.01. The minimum atomic E-state index is 0.328. The highest BCUT2D eigenvalue weighted by Gasteiger charge is 1.94. The molecule has 0 bridgehead atoms. The Hall–Kier alpha value is -0.630. The molecule has 1 aromatic heterocycles. The molecular formula is C9H13ClN2. The van der Waals surface area contributed by atoms with Gasteiger partial charge in [0.25, 0.3) is 0 Å². The van der Waals surface area contributed by atoms with Gasteiger partial charge < -0.3 is 0 Å². The molecule has 1 heterocycles. The first-order valence-corrected chi connectivity index (χ1v) is 4.67. The average molecular weight is 185 g/mol. The summed E-state index contributed by atoms with van der Waals surface area (Å²) in [5.41, 5.74) is 1.17. The van der Waals surface area contributed by atoms with E-state index in [0.29, 0.717) is 5.28 Å². The van der Waals surface area contributed by atoms with Crippen LogP contribution in [0.3, 0.4) is 0 Å². The number of nitrogens with zero attached hydrogens (tertiary/aromatic N) is 2. The summed E-state index contributed by atoms with van der Waals surface area (Å²) in [7, 11) is 0. The van der Waals surface area contributed by atoms with Gasteiger partial charge in [0.15, 0.2) is 0 Å². The van der Waals surface area contributed by atoms with Crippen LogP contribution in [-0.4, -0.2) is 9.97 Å². The lowest BCUT2D eigenvalue weighted by molar-refractivity contribution is 0.714. The highest BCUT2D eigenvalue weighted by molar-refractivity contribution is 6.28. The summed E-state index contributed by atoms with van der Waals surface area (Å²) in [5, 5.41) is 0.328. The van der Waals surface area contributed by atoms with E-state index in [9.17, 15) is 0 Å². The normalized spacial score (nSPS) is 10.2. The van der Waals surface area contributed by atoms with E-state index < -0.39 is 0 Å². The molecule has 0 radical (unpaired) electrons. The van der Waals surface area contributed by atoms with Crippen LogP contribution in [0, 0.1) is 0 Å². The molecule has 2 nitrogen and oxygen atoms in total. The Balaban J connectivity index is 2.37. The molecule has 0 amide bonds. The van der Waals surface area contributed by atoms with Crippen molar-refractivity contribution in [1.29, 1.82) is 0 Å². The summed E-state index contributed by atoms with van der Waals surface area (Å²) in [6.45, 7) is 2.19. The van der Waals surface area contributed by atoms with Crippen molar-refractivity contribution in [1.82, 2.24) is 9.97 Å². The van der Waals surface area contributed by atoms with Crippen molar-refractivity contribution in [2.24, 2.45) is 0 Å². The Morgan fingerprint density at radius 2 is 1.92 bits per heavy atom. The molecule has 66 valence electrons. The molecule has 1 aromatic rings. The van der Waals surface area contributed by atoms with E-state index in [1.54, 1.807) is 12.4 Å². The van der Waals surface area contributed by atoms with E-state index >= 15 is 0 Å². The summed E-state index contributed by atoms with van der Waals surface area (Å²) >= 11 is 5.55. The molecule has 0 saturated heterocycles. The highest BCUT2D eigenvalue weighted by atomic mass is 35.5. The van der Waals surface area contributed by atoms with Crippen LogP contribution in [0.4, 0.5) is 0 Å². The second-order valence-corrected chi connectivity index (χ2v) is 3.16. The van der Waals surface area contributed by atoms with Gasteiger partial charge in [0, 0.05) is 12.4 Å². The van der Waals surface area contributed by atoms with Gasteiger partial charge in [-0.3, -0.25) is 0 Å². The van der Waals surface area contributed by atoms with E-state index in [2.05, 4.69) is 16.9 Å². The maximum absolute atomic E-state index is 5.55. The zero-order valence-electron chi connectivity index (χ0n) is 7.26. The zero-order chi connectivity index (χ0) is 8.81. The summed E-state index contributed by atoms with van der Waals surface area (Å²) in [5.74, 6) is 0. The summed E-state index contributed by atoms with van der Waals surface area (Å²) in [6.07, 6.45) is 8.37. The highest BCUT2D eigenvalue weighted by Crippen LogP contribution is 2.05. The van der Waals surface area contributed by atoms with Gasteiger partial charge in [-0.1, -0.05) is 19.8 Å². The first-order valence-electron chi connectivity index (χ1n) is 4.29. The number of hydrogen-bond acceptors (Lipinski definition) is 2. The Labute approximate surface area is 78.0 Å². The molecule has 0 unspecified atom stereocenters. The molecule has 0 fully saturated rings. The number of aromatic nitrogens is 2. The SMILES string of the molecule is CCCCCc1cnc(Cl)nc1. The quantitative estimate of drug-likeness (QED) is 0.531. The molecule has 0 N–H and O–H groups in total. The fourth-order valence-corrected chi connectivity index (χ4v) is 1.14. The minimum absolute atomic E-state index is 0.328. The Bertz CT molecular complexity index is 220. The largest absolute Gasteiger partial charge is 0.226 e. The minimum Gasteiger partial charge on any atom is -0.226 e. The van der Waals surface area contributed by atoms with Gasteiger partial charge in [0.05, 0.1) is 0 Å². The van der Waals surface area contributed by atoms with Crippen molar-refractivity contribution in [3.8, 4) is 0 Å². The lowest BCUT2D eigenvalue weighted by atomic mass is 10.1. The molecule has 12 heavy (non-hydrogen) atoms. The van der Waals surface area contributed by atoms with Gasteiger partial charge in [-0.25, -0.2) is 9.97 Å². The van der Waals surface area contributed by atoms with Crippen LogP contribution in [0.25, 0.3) is 0 Å². The van der Waals surface area contributed by atoms with Crippen molar-refractivity contribution in [3.05, 3.63) is 23.2 Å². The van der Waals surface area contributed by atoms with Gasteiger partial charge >= 0.3 is 0 Å². The summed E-state index contributed by atoms with van der Waals surface area (Å²) < 4.78 is 0. The lowest BCUT2D eigenvalue weighted by Gasteiger charge is -1.98. The van der Waals surface area contributed by atoms with Crippen molar-refractivity contribution >= 4 is 11.6 Å². The molecule has 3 heteroatoms. The van der Waals surface area contributed by atoms with Crippen LogP contribution in [0.5, 0.6) is 0 Å². The van der Waals surface area contributed by atoms with E-state index in [-0.39, 0.29) is 0 Å². The van der Waals surface area contributed by atoms with Crippen LogP contribution >= 0.6 is 11.6 Å². The molecule has 0 spiro atoms. The van der Waals surface area contributed by atoms with Gasteiger partial charge in [-0.05, 0) is 30.0 Å². The molecule has 0 saturated carbocycles. The molecule has 0 atom stereocenters. The van der Waals surface area contributed by atoms with Crippen molar-refractivity contribution in [3.63, 3.8) is 0 Å². The molecule has 0 aromatic carbocycles. The maximum Gasteiger partial charge on any atom is 0.222 e. The van der Waals surface area contributed by atoms with E-state index in [1.165, 1.54) is 24.8 Å². The first kappa shape index (κ1) is 9.46. The van der Waals surface area contributed by atoms with Gasteiger partial charge in [-0.15, -0.1) is 0 Å². The average Bonchev–Trinajstić information content (AvgIpc) is 2.09. The van der Waals surface area contributed by atoms with Gasteiger partial charge in [-0.2, -0.15) is 0 Å². The van der Waals surface area contributed by atoms with Crippen LogP contribution in [0.15, 0.2) is 12.4 Å². The Morgan fingerprint density at radius 3 is 2.50 bits per heavy atom. The van der Waals surface area contributed by atoms with Crippen LogP contribution < -0.4 is 0 Å². The number of unbranched alkanes of at least 4 members (excludes halogenated alkanes) is 2. The Kier molecular flexibility index (Phi) is 4.01. The molecule has 0 aliphatic carbocycles. The van der Waals surface area contributed by atoms with Crippen LogP contribution in [-0.2, 0) is 6.42 Å². The molecule has 0 aliphatic rings. The fourth-order valence-electron chi connectivity index (χ4n) is 1.05. The number of rotatable bonds is 4. The van der Waals surface area contributed by atoms with E-state index in [0.717, 1.165) is 6.42 Å². The predicted octanol–water partition coefficient (Wildman–Crippen LogP) is 2.86. The molecule has 0 aliphatic heterocycles. The second-order valence-electron chi connectivity index (χ2n) is 2.82. The van der Waals surface area contributed by atoms with Crippen molar-refractivity contribution in [2.45, 2.75) is 32.6 Å². The van der Waals surface area contributed by atoms with Gasteiger partial charge in [0.1, 0.15) is 0 Å². The maximum atomic E-state index is 5.55. The lowest BCUT2D eigenvalue weighted by Crippen LogP contribution is -1.89. The smallest absolute Gasteiger partial charge is 0.222 e. The monoisotopic (exact) mass is 184 g/mol. The fraction of sp³-hybridized carbons (Fsp3) is 0.556. The number of halogens is 1. The Morgan fingerprint density at radius 1 is 1.25 bits per heavy atom. The third-order valence-corrected chi connectivity index (χ3v) is 1.94. The molecule has 1 rings (SSSR count). The van der Waals surface area contributed by atoms with Gasteiger partial charge in [0.2, 0.25) is 5.28 Å². The third-order valence-electron chi connectivity index (χ3n) is 1.74. The predicted molar refractivity (Wildman–Crippen MR) is 50.3 cm³/mol.